The van der Waals surface area contributed by atoms with Crippen molar-refractivity contribution in [1.82, 2.24) is 4.90 Å². The van der Waals surface area contributed by atoms with Crippen LogP contribution in [0.2, 0.25) is 0 Å². The van der Waals surface area contributed by atoms with Crippen molar-refractivity contribution in [2.24, 2.45) is 17.4 Å². The van der Waals surface area contributed by atoms with Crippen molar-refractivity contribution in [3.8, 4) is 0 Å². The molecule has 0 aliphatic carbocycles. The molecular formula is C14H23N3O5S. The molecule has 2 unspecified atom stereocenters. The topological polar surface area (TPSA) is 144 Å². The zero-order valence-corrected chi connectivity index (χ0v) is 14.0. The van der Waals surface area contributed by atoms with Gasteiger partial charge >= 0.3 is 5.97 Å². The van der Waals surface area contributed by atoms with Gasteiger partial charge in [-0.15, -0.1) is 0 Å². The number of carboxylic acids is 1. The number of thiol groups is 1. The van der Waals surface area contributed by atoms with Gasteiger partial charge in [-0.3, -0.25) is 4.79 Å². The molecule has 1 saturated heterocycles. The minimum absolute atomic E-state index is 0.0198. The predicted molar refractivity (Wildman–Crippen MR) is 85.9 cm³/mol. The molecule has 0 radical (unpaired) electrons. The first-order valence-corrected chi connectivity index (χ1v) is 7.91. The smallest absolute Gasteiger partial charge is 0.332 e. The molecule has 4 atom stereocenters. The molecule has 5 N–H and O–H groups in total. The van der Waals surface area contributed by atoms with Crippen molar-refractivity contribution in [2.75, 3.05) is 5.75 Å². The van der Waals surface area contributed by atoms with Crippen molar-refractivity contribution < 1.29 is 24.3 Å². The maximum Gasteiger partial charge on any atom is 0.332 e. The first-order chi connectivity index (χ1) is 10.7. The lowest BCUT2D eigenvalue weighted by Gasteiger charge is -2.18. The van der Waals surface area contributed by atoms with Crippen LogP contribution < -0.4 is 11.5 Å². The Morgan fingerprint density at radius 3 is 2.22 bits per heavy atom. The van der Waals surface area contributed by atoms with E-state index in [1.54, 1.807) is 13.8 Å². The maximum atomic E-state index is 12.5. The lowest BCUT2D eigenvalue weighted by Crippen LogP contribution is -2.44. The fourth-order valence-corrected chi connectivity index (χ4v) is 3.46. The van der Waals surface area contributed by atoms with Crippen LogP contribution in [0, 0.1) is 5.92 Å². The highest BCUT2D eigenvalue weighted by atomic mass is 32.1. The molecule has 1 fully saturated rings. The highest BCUT2D eigenvalue weighted by Gasteiger charge is 2.82. The third kappa shape index (κ3) is 2.77. The second-order valence-corrected chi connectivity index (χ2v) is 6.43. The summed E-state index contributed by atoms with van der Waals surface area (Å²) in [7, 11) is 0. The number of carboxylic acid groups (broad SMARTS) is 1. The number of nitrogens with two attached hydrogens (primary N) is 2. The predicted octanol–water partition coefficient (Wildman–Crippen LogP) is -1.19. The van der Waals surface area contributed by atoms with Gasteiger partial charge in [0.2, 0.25) is 5.91 Å². The molecule has 1 aliphatic rings. The molecule has 1 heterocycles. The average molecular weight is 345 g/mol. The van der Waals surface area contributed by atoms with Gasteiger partial charge in [-0.2, -0.15) is 12.6 Å². The third-order valence-corrected chi connectivity index (χ3v) is 4.88. The van der Waals surface area contributed by atoms with Crippen molar-refractivity contribution >= 4 is 37.1 Å². The van der Waals surface area contributed by atoms with E-state index in [-0.39, 0.29) is 18.6 Å². The zero-order valence-electron chi connectivity index (χ0n) is 13.1. The number of aldehydes is 2. The first-order valence-electron chi connectivity index (χ1n) is 7.28. The van der Waals surface area contributed by atoms with Gasteiger partial charge in [0.05, 0.1) is 12.1 Å². The normalized spacial score (nSPS) is 29.0. The van der Waals surface area contributed by atoms with Gasteiger partial charge in [0, 0.05) is 5.75 Å². The summed E-state index contributed by atoms with van der Waals surface area (Å²) in [4.78, 5) is 47.9. The van der Waals surface area contributed by atoms with E-state index in [2.05, 4.69) is 12.6 Å². The molecule has 0 aromatic rings. The molecule has 0 spiro atoms. The Morgan fingerprint density at radius 1 is 1.30 bits per heavy atom. The highest BCUT2D eigenvalue weighted by molar-refractivity contribution is 7.80. The van der Waals surface area contributed by atoms with E-state index in [9.17, 15) is 24.3 Å². The van der Waals surface area contributed by atoms with E-state index in [0.29, 0.717) is 12.6 Å². The van der Waals surface area contributed by atoms with Crippen molar-refractivity contribution in [3.63, 3.8) is 0 Å². The second-order valence-electron chi connectivity index (χ2n) is 6.07. The Bertz CT molecular complexity index is 515. The van der Waals surface area contributed by atoms with Crippen LogP contribution in [0.3, 0.4) is 0 Å². The van der Waals surface area contributed by atoms with Gasteiger partial charge in [0.25, 0.3) is 0 Å². The summed E-state index contributed by atoms with van der Waals surface area (Å²) in [5, 5.41) is 9.72. The average Bonchev–Trinajstić information content (AvgIpc) is 3.15. The first kappa shape index (κ1) is 19.6. The summed E-state index contributed by atoms with van der Waals surface area (Å²) in [5.41, 5.74) is 7.98. The zero-order chi connectivity index (χ0) is 18.0. The molecule has 9 heteroatoms. The number of hydrogen-bond donors (Lipinski definition) is 4. The molecule has 0 bridgehead atoms. The molecule has 23 heavy (non-hydrogen) atoms. The van der Waals surface area contributed by atoms with Gasteiger partial charge in [-0.1, -0.05) is 13.8 Å². The fourth-order valence-electron chi connectivity index (χ4n) is 3.30. The van der Waals surface area contributed by atoms with E-state index in [4.69, 9.17) is 11.5 Å². The van der Waals surface area contributed by atoms with Gasteiger partial charge < -0.3 is 31.1 Å². The molecule has 0 aromatic heterocycles. The number of hydrogen-bond acceptors (Lipinski definition) is 7. The molecule has 130 valence electrons. The van der Waals surface area contributed by atoms with Crippen molar-refractivity contribution in [1.29, 1.82) is 0 Å². The van der Waals surface area contributed by atoms with Crippen LogP contribution in [0.25, 0.3) is 0 Å². The third-order valence-electron chi connectivity index (χ3n) is 4.49. The summed E-state index contributed by atoms with van der Waals surface area (Å²) in [6.07, 6.45) is 1.04. The molecule has 1 aliphatic heterocycles. The van der Waals surface area contributed by atoms with E-state index in [0.717, 1.165) is 4.90 Å². The number of carbonyl (C=O) groups excluding carboxylic acids is 3. The van der Waals surface area contributed by atoms with Crippen LogP contribution in [-0.2, 0) is 19.2 Å². The quantitative estimate of drug-likeness (QED) is 0.234. The minimum atomic E-state index is -1.69. The number of amides is 1. The summed E-state index contributed by atoms with van der Waals surface area (Å²) in [5.74, 6) is -2.44. The lowest BCUT2D eigenvalue weighted by molar-refractivity contribution is -0.146. The molecule has 8 nitrogen and oxygen atoms in total. The molecule has 1 rings (SSSR count). The van der Waals surface area contributed by atoms with E-state index >= 15 is 0 Å². The van der Waals surface area contributed by atoms with Crippen LogP contribution in [0.15, 0.2) is 0 Å². The number of rotatable bonds is 9. The van der Waals surface area contributed by atoms with Gasteiger partial charge in [0.15, 0.2) is 5.54 Å². The Balaban J connectivity index is 3.32. The second kappa shape index (κ2) is 6.98. The van der Waals surface area contributed by atoms with Crippen molar-refractivity contribution in [3.05, 3.63) is 0 Å². The fraction of sp³-hybridized carbons (Fsp3) is 0.714. The van der Waals surface area contributed by atoms with Crippen molar-refractivity contribution in [2.45, 2.75) is 49.9 Å². The summed E-state index contributed by atoms with van der Waals surface area (Å²) in [6, 6.07) is -1.85. The Labute approximate surface area is 140 Å². The largest absolute Gasteiger partial charge is 0.479 e. The number of carbonyl (C=O) groups is 4. The maximum absolute atomic E-state index is 12.5. The minimum Gasteiger partial charge on any atom is -0.479 e. The van der Waals surface area contributed by atoms with Gasteiger partial charge in [-0.05, 0) is 18.8 Å². The Kier molecular flexibility index (Phi) is 5.95. The monoisotopic (exact) mass is 345 g/mol. The van der Waals surface area contributed by atoms with Gasteiger partial charge in [0.1, 0.15) is 18.1 Å². The lowest BCUT2D eigenvalue weighted by atomic mass is 9.81. The molecule has 0 saturated carbocycles. The Morgan fingerprint density at radius 2 is 1.87 bits per heavy atom. The molecule has 1 amide bonds. The van der Waals surface area contributed by atoms with Gasteiger partial charge in [-0.25, -0.2) is 4.79 Å². The van der Waals surface area contributed by atoms with Crippen LogP contribution in [0.5, 0.6) is 0 Å². The van der Waals surface area contributed by atoms with E-state index in [1.807, 2.05) is 0 Å². The van der Waals surface area contributed by atoms with E-state index < -0.39 is 41.0 Å². The molecular weight excluding hydrogens is 322 g/mol. The van der Waals surface area contributed by atoms with Crippen LogP contribution in [0.1, 0.15) is 26.7 Å². The van der Waals surface area contributed by atoms with Crippen LogP contribution in [0.4, 0.5) is 0 Å². The number of aliphatic carboxylic acids is 1. The summed E-state index contributed by atoms with van der Waals surface area (Å²) in [6.45, 7) is 3.23. The Hall–Kier alpha value is -1.45. The summed E-state index contributed by atoms with van der Waals surface area (Å²) >= 11 is 3.95. The van der Waals surface area contributed by atoms with Crippen LogP contribution >= 0.6 is 12.6 Å². The van der Waals surface area contributed by atoms with Crippen LogP contribution in [-0.4, -0.2) is 63.4 Å². The SMILES string of the molecule is CC(C)[C@]1(C(=O)O)N(C(=O)[C@@H](N)CS)C1(C=O)CCC(N)C=O. The standard InChI is InChI=1S/C14H23N3O5S/c1-8(2)14(12(21)22)13(7-19,4-3-9(15)5-18)17(14)11(20)10(16)6-23/h5,7-10,23H,3-4,6,15-16H2,1-2H3,(H,21,22)/t9?,10-,13?,14+,17?/m0/s1. The highest BCUT2D eigenvalue weighted by Crippen LogP contribution is 2.58. The summed E-state index contributed by atoms with van der Waals surface area (Å²) < 4.78 is 0. The molecule has 0 aromatic carbocycles. The van der Waals surface area contributed by atoms with E-state index in [1.165, 1.54) is 0 Å². The number of nitrogens with zero attached hydrogens (tertiary/aromatic N) is 1.